The van der Waals surface area contributed by atoms with Gasteiger partial charge in [-0.1, -0.05) is 42.1 Å². The molecule has 0 bridgehead atoms. The number of aromatic nitrogens is 1. The van der Waals surface area contributed by atoms with Crippen molar-refractivity contribution in [3.8, 4) is 0 Å². The van der Waals surface area contributed by atoms with Crippen molar-refractivity contribution in [2.45, 2.75) is 16.5 Å². The molecule has 84 valence electrons. The standard InChI is InChI=1S/C11H9F2NS2/c12-10(13)9-7-16-11(14-9)15-6-8-4-2-1-3-5-8/h1-5,7,10H,6H2. The van der Waals surface area contributed by atoms with Crippen LogP contribution in [0.4, 0.5) is 8.78 Å². The maximum Gasteiger partial charge on any atom is 0.281 e. The highest BCUT2D eigenvalue weighted by molar-refractivity contribution is 8.00. The molecule has 0 N–H and O–H groups in total. The Kier molecular flexibility index (Phi) is 3.90. The Balaban J connectivity index is 1.95. The summed E-state index contributed by atoms with van der Waals surface area (Å²) in [6, 6.07) is 9.89. The molecule has 0 radical (unpaired) electrons. The van der Waals surface area contributed by atoms with Gasteiger partial charge in [-0.25, -0.2) is 13.8 Å². The normalized spacial score (nSPS) is 10.9. The smallest absolute Gasteiger partial charge is 0.229 e. The number of alkyl halides is 2. The second kappa shape index (κ2) is 5.41. The molecule has 0 amide bonds. The van der Waals surface area contributed by atoms with E-state index in [0.717, 1.165) is 5.75 Å². The molecule has 1 heterocycles. The quantitative estimate of drug-likeness (QED) is 0.754. The van der Waals surface area contributed by atoms with Crippen molar-refractivity contribution in [1.29, 1.82) is 0 Å². The van der Waals surface area contributed by atoms with E-state index in [1.54, 1.807) is 0 Å². The van der Waals surface area contributed by atoms with Gasteiger partial charge in [-0.15, -0.1) is 11.3 Å². The third-order valence-corrected chi connectivity index (χ3v) is 4.04. The van der Waals surface area contributed by atoms with E-state index < -0.39 is 6.43 Å². The first-order chi connectivity index (χ1) is 7.75. The van der Waals surface area contributed by atoms with E-state index in [0.29, 0.717) is 4.34 Å². The predicted molar refractivity (Wildman–Crippen MR) is 63.1 cm³/mol. The molecule has 1 aromatic heterocycles. The fourth-order valence-electron chi connectivity index (χ4n) is 1.15. The van der Waals surface area contributed by atoms with Crippen molar-refractivity contribution in [3.63, 3.8) is 0 Å². The minimum absolute atomic E-state index is 0.124. The van der Waals surface area contributed by atoms with Crippen LogP contribution in [-0.2, 0) is 5.75 Å². The molecule has 0 saturated carbocycles. The minimum atomic E-state index is -2.47. The highest BCUT2D eigenvalue weighted by Crippen LogP contribution is 2.29. The van der Waals surface area contributed by atoms with Crippen molar-refractivity contribution in [2.75, 3.05) is 0 Å². The van der Waals surface area contributed by atoms with Crippen LogP contribution in [0.15, 0.2) is 40.1 Å². The maximum absolute atomic E-state index is 12.3. The fraction of sp³-hybridized carbons (Fsp3) is 0.182. The average molecular weight is 257 g/mol. The summed E-state index contributed by atoms with van der Waals surface area (Å²) in [6.07, 6.45) is -2.47. The van der Waals surface area contributed by atoms with E-state index in [-0.39, 0.29) is 5.69 Å². The van der Waals surface area contributed by atoms with E-state index in [2.05, 4.69) is 4.98 Å². The topological polar surface area (TPSA) is 12.9 Å². The Bertz CT molecular complexity index is 442. The van der Waals surface area contributed by atoms with Crippen molar-refractivity contribution in [3.05, 3.63) is 47.0 Å². The molecule has 0 atom stereocenters. The summed E-state index contributed by atoms with van der Waals surface area (Å²) < 4.78 is 25.3. The number of hydrogen-bond acceptors (Lipinski definition) is 3. The number of thioether (sulfide) groups is 1. The summed E-state index contributed by atoms with van der Waals surface area (Å²) in [4.78, 5) is 3.86. The summed E-state index contributed by atoms with van der Waals surface area (Å²) >= 11 is 2.75. The lowest BCUT2D eigenvalue weighted by molar-refractivity contribution is 0.146. The van der Waals surface area contributed by atoms with Crippen molar-refractivity contribution in [1.82, 2.24) is 4.98 Å². The third-order valence-electron chi connectivity index (χ3n) is 1.93. The van der Waals surface area contributed by atoms with Crippen LogP contribution in [-0.4, -0.2) is 4.98 Å². The first-order valence-corrected chi connectivity index (χ1v) is 6.52. The van der Waals surface area contributed by atoms with Crippen LogP contribution in [0.25, 0.3) is 0 Å². The zero-order valence-corrected chi connectivity index (χ0v) is 9.90. The first-order valence-electron chi connectivity index (χ1n) is 4.66. The number of halogens is 2. The molecule has 0 saturated heterocycles. The molecule has 2 rings (SSSR count). The largest absolute Gasteiger partial charge is 0.281 e. The van der Waals surface area contributed by atoms with Crippen LogP contribution in [0.1, 0.15) is 17.7 Å². The van der Waals surface area contributed by atoms with Crippen molar-refractivity contribution < 1.29 is 8.78 Å². The Hall–Kier alpha value is -0.940. The van der Waals surface area contributed by atoms with Crippen LogP contribution < -0.4 is 0 Å². The van der Waals surface area contributed by atoms with Crippen LogP contribution in [0.2, 0.25) is 0 Å². The summed E-state index contributed by atoms with van der Waals surface area (Å²) in [5.41, 5.74) is 1.04. The average Bonchev–Trinajstić information content (AvgIpc) is 2.76. The fourth-order valence-corrected chi connectivity index (χ4v) is 2.94. The molecule has 0 unspecified atom stereocenters. The SMILES string of the molecule is FC(F)c1csc(SCc2ccccc2)n1. The lowest BCUT2D eigenvalue weighted by Crippen LogP contribution is -1.83. The van der Waals surface area contributed by atoms with E-state index in [1.807, 2.05) is 30.3 Å². The van der Waals surface area contributed by atoms with Gasteiger partial charge >= 0.3 is 0 Å². The van der Waals surface area contributed by atoms with Crippen LogP contribution in [0, 0.1) is 0 Å². The van der Waals surface area contributed by atoms with Gasteiger partial charge in [0.05, 0.1) is 0 Å². The molecule has 0 aliphatic carbocycles. The summed E-state index contributed by atoms with van der Waals surface area (Å²) in [6.45, 7) is 0. The van der Waals surface area contributed by atoms with Gasteiger partial charge in [0.1, 0.15) is 5.69 Å². The summed E-state index contributed by atoms with van der Waals surface area (Å²) in [5, 5.41) is 1.41. The lowest BCUT2D eigenvalue weighted by Gasteiger charge is -1.97. The maximum atomic E-state index is 12.3. The lowest BCUT2D eigenvalue weighted by atomic mass is 10.2. The summed E-state index contributed by atoms with van der Waals surface area (Å²) in [5.74, 6) is 0.761. The highest BCUT2D eigenvalue weighted by Gasteiger charge is 2.11. The third kappa shape index (κ3) is 3.02. The van der Waals surface area contributed by atoms with Crippen molar-refractivity contribution in [2.24, 2.45) is 0 Å². The second-order valence-corrected chi connectivity index (χ2v) is 5.19. The highest BCUT2D eigenvalue weighted by atomic mass is 32.2. The van der Waals surface area contributed by atoms with Gasteiger partial charge < -0.3 is 0 Å². The minimum Gasteiger partial charge on any atom is -0.229 e. The van der Waals surface area contributed by atoms with E-state index in [1.165, 1.54) is 34.0 Å². The zero-order valence-electron chi connectivity index (χ0n) is 8.27. The number of benzene rings is 1. The Morgan fingerprint density at radius 3 is 2.62 bits per heavy atom. The van der Waals surface area contributed by atoms with Crippen LogP contribution in [0.5, 0.6) is 0 Å². The van der Waals surface area contributed by atoms with Gasteiger partial charge in [0, 0.05) is 11.1 Å². The van der Waals surface area contributed by atoms with E-state index in [9.17, 15) is 8.78 Å². The molecule has 0 fully saturated rings. The Morgan fingerprint density at radius 2 is 2.00 bits per heavy atom. The zero-order chi connectivity index (χ0) is 11.4. The molecule has 0 aliphatic heterocycles. The molecule has 5 heteroatoms. The Morgan fingerprint density at radius 1 is 1.25 bits per heavy atom. The number of hydrogen-bond donors (Lipinski definition) is 0. The monoisotopic (exact) mass is 257 g/mol. The Labute approximate surface area is 101 Å². The first kappa shape index (κ1) is 11.5. The molecule has 2 aromatic rings. The van der Waals surface area contributed by atoms with Gasteiger partial charge in [0.15, 0.2) is 4.34 Å². The molecular formula is C11H9F2NS2. The van der Waals surface area contributed by atoms with E-state index in [4.69, 9.17) is 0 Å². The van der Waals surface area contributed by atoms with Gasteiger partial charge in [-0.3, -0.25) is 0 Å². The van der Waals surface area contributed by atoms with Gasteiger partial charge in [-0.2, -0.15) is 0 Å². The number of nitrogens with zero attached hydrogens (tertiary/aromatic N) is 1. The van der Waals surface area contributed by atoms with Gasteiger partial charge in [-0.05, 0) is 5.56 Å². The molecular weight excluding hydrogens is 248 g/mol. The molecule has 1 nitrogen and oxygen atoms in total. The second-order valence-electron chi connectivity index (χ2n) is 3.11. The molecule has 0 spiro atoms. The molecule has 0 aliphatic rings. The van der Waals surface area contributed by atoms with Gasteiger partial charge in [0.2, 0.25) is 0 Å². The van der Waals surface area contributed by atoms with Crippen LogP contribution in [0.3, 0.4) is 0 Å². The van der Waals surface area contributed by atoms with Crippen LogP contribution >= 0.6 is 23.1 Å². The number of thiazole rings is 1. The van der Waals surface area contributed by atoms with Gasteiger partial charge in [0.25, 0.3) is 6.43 Å². The molecule has 1 aromatic carbocycles. The number of rotatable bonds is 4. The summed E-state index contributed by atoms with van der Waals surface area (Å²) in [7, 11) is 0. The van der Waals surface area contributed by atoms with Crippen molar-refractivity contribution >= 4 is 23.1 Å². The van der Waals surface area contributed by atoms with E-state index >= 15 is 0 Å². The predicted octanol–water partition coefficient (Wildman–Crippen LogP) is 4.37. The molecule has 16 heavy (non-hydrogen) atoms.